The highest BCUT2D eigenvalue weighted by molar-refractivity contribution is 5.94. The number of nitrogens with one attached hydrogen (secondary N) is 5. The number of hydrogen-bond donors (Lipinski definition) is 6. The molecule has 1 heterocycles. The van der Waals surface area contributed by atoms with Crippen molar-refractivity contribution in [1.82, 2.24) is 25.6 Å². The van der Waals surface area contributed by atoms with Gasteiger partial charge in [-0.2, -0.15) is 15.0 Å². The predicted molar refractivity (Wildman–Crippen MR) is 200 cm³/mol. The SMILES string of the molecule is CC(C)C[C@H](CO)Nc1nc(NCCOCCOCCNC(=O)c2ccccc2)nc(Nc2ccc(C(=O)NCCOCCOCCN=[N+]=[N-])cc2)n1. The van der Waals surface area contributed by atoms with E-state index >= 15 is 0 Å². The highest BCUT2D eigenvalue weighted by Crippen LogP contribution is 2.18. The van der Waals surface area contributed by atoms with Crippen LogP contribution in [0.5, 0.6) is 0 Å². The van der Waals surface area contributed by atoms with Crippen molar-refractivity contribution < 1.29 is 33.6 Å². The molecule has 1 aromatic heterocycles. The fourth-order valence-corrected chi connectivity index (χ4v) is 4.64. The van der Waals surface area contributed by atoms with Gasteiger partial charge >= 0.3 is 0 Å². The Morgan fingerprint density at radius 2 is 1.28 bits per heavy atom. The molecule has 0 saturated heterocycles. The van der Waals surface area contributed by atoms with Crippen molar-refractivity contribution in [3.8, 4) is 0 Å². The second kappa shape index (κ2) is 25.8. The molecule has 0 aliphatic rings. The van der Waals surface area contributed by atoms with Gasteiger partial charge in [0.1, 0.15) is 0 Å². The maximum Gasteiger partial charge on any atom is 0.251 e. The Morgan fingerprint density at radius 1 is 0.736 bits per heavy atom. The summed E-state index contributed by atoms with van der Waals surface area (Å²) in [6.45, 7) is 8.32. The molecule has 0 aliphatic carbocycles. The van der Waals surface area contributed by atoms with Crippen LogP contribution in [0, 0.1) is 5.92 Å². The van der Waals surface area contributed by atoms with E-state index in [2.05, 4.69) is 65.4 Å². The van der Waals surface area contributed by atoms with Gasteiger partial charge in [0, 0.05) is 47.9 Å². The number of anilines is 4. The predicted octanol–water partition coefficient (Wildman–Crippen LogP) is 3.38. The quantitative estimate of drug-likeness (QED) is 0.0272. The molecule has 3 rings (SSSR count). The van der Waals surface area contributed by atoms with E-state index in [-0.39, 0.29) is 42.9 Å². The van der Waals surface area contributed by atoms with Gasteiger partial charge < -0.3 is 50.6 Å². The zero-order valence-electron chi connectivity index (χ0n) is 30.3. The number of azide groups is 1. The van der Waals surface area contributed by atoms with E-state index in [1.54, 1.807) is 36.4 Å². The first-order valence-electron chi connectivity index (χ1n) is 17.6. The number of rotatable bonds is 28. The van der Waals surface area contributed by atoms with Gasteiger partial charge in [-0.25, -0.2) is 0 Å². The molecule has 0 aliphatic heterocycles. The fourth-order valence-electron chi connectivity index (χ4n) is 4.64. The Morgan fingerprint density at radius 3 is 1.87 bits per heavy atom. The highest BCUT2D eigenvalue weighted by atomic mass is 16.5. The number of aliphatic hydroxyl groups excluding tert-OH is 1. The van der Waals surface area contributed by atoms with Crippen molar-refractivity contribution in [2.24, 2.45) is 11.0 Å². The summed E-state index contributed by atoms with van der Waals surface area (Å²) in [4.78, 5) is 40.8. The molecule has 2 aromatic carbocycles. The maximum absolute atomic E-state index is 12.6. The van der Waals surface area contributed by atoms with Crippen LogP contribution in [0.25, 0.3) is 10.4 Å². The lowest BCUT2D eigenvalue weighted by Crippen LogP contribution is -2.27. The number of carbonyl (C=O) groups is 2. The van der Waals surface area contributed by atoms with Gasteiger partial charge in [0.2, 0.25) is 17.8 Å². The molecule has 288 valence electrons. The molecule has 0 unspecified atom stereocenters. The Kier molecular flexibility index (Phi) is 20.6. The molecule has 2 amide bonds. The van der Waals surface area contributed by atoms with Crippen LogP contribution in [-0.2, 0) is 18.9 Å². The summed E-state index contributed by atoms with van der Waals surface area (Å²) in [7, 11) is 0. The molecule has 0 radical (unpaired) electrons. The summed E-state index contributed by atoms with van der Waals surface area (Å²) in [5.74, 6) is 0.808. The van der Waals surface area contributed by atoms with Crippen LogP contribution in [0.4, 0.5) is 23.5 Å². The number of hydrogen-bond acceptors (Lipinski definition) is 14. The van der Waals surface area contributed by atoms with Crippen molar-refractivity contribution >= 4 is 35.3 Å². The van der Waals surface area contributed by atoms with Crippen molar-refractivity contribution in [3.05, 3.63) is 76.2 Å². The number of ether oxygens (including phenoxy) is 4. The van der Waals surface area contributed by atoms with Crippen LogP contribution < -0.4 is 26.6 Å². The van der Waals surface area contributed by atoms with Crippen LogP contribution in [0.3, 0.4) is 0 Å². The molecule has 53 heavy (non-hydrogen) atoms. The fraction of sp³-hybridized carbons (Fsp3) is 0.514. The number of amides is 2. The second-order valence-corrected chi connectivity index (χ2v) is 11.9. The van der Waals surface area contributed by atoms with Crippen LogP contribution in [-0.4, -0.2) is 124 Å². The molecule has 18 nitrogen and oxygen atoms in total. The van der Waals surface area contributed by atoms with Gasteiger partial charge in [-0.05, 0) is 54.3 Å². The Labute approximate surface area is 309 Å². The molecule has 3 aromatic rings. The van der Waals surface area contributed by atoms with Crippen molar-refractivity contribution in [1.29, 1.82) is 0 Å². The van der Waals surface area contributed by atoms with E-state index < -0.39 is 0 Å². The average molecular weight is 738 g/mol. The number of carbonyl (C=O) groups excluding carboxylic acids is 2. The minimum atomic E-state index is -0.250. The molecule has 6 N–H and O–H groups in total. The second-order valence-electron chi connectivity index (χ2n) is 11.9. The van der Waals surface area contributed by atoms with E-state index in [1.807, 2.05) is 18.2 Å². The first-order valence-corrected chi connectivity index (χ1v) is 17.6. The van der Waals surface area contributed by atoms with Crippen molar-refractivity contribution in [2.45, 2.75) is 26.3 Å². The van der Waals surface area contributed by atoms with E-state index in [4.69, 9.17) is 24.5 Å². The van der Waals surface area contributed by atoms with E-state index in [1.165, 1.54) is 0 Å². The zero-order valence-corrected chi connectivity index (χ0v) is 30.3. The van der Waals surface area contributed by atoms with Crippen LogP contribution in [0.2, 0.25) is 0 Å². The monoisotopic (exact) mass is 737 g/mol. The number of aromatic nitrogens is 3. The normalized spacial score (nSPS) is 11.4. The van der Waals surface area contributed by atoms with Gasteiger partial charge in [0.15, 0.2) is 0 Å². The molecule has 0 bridgehead atoms. The van der Waals surface area contributed by atoms with Crippen LogP contribution in [0.15, 0.2) is 59.7 Å². The van der Waals surface area contributed by atoms with E-state index in [9.17, 15) is 14.7 Å². The lowest BCUT2D eigenvalue weighted by Gasteiger charge is -2.19. The van der Waals surface area contributed by atoms with E-state index in [0.717, 1.165) is 0 Å². The first kappa shape index (κ1) is 42.3. The lowest BCUT2D eigenvalue weighted by molar-refractivity contribution is 0.0511. The third kappa shape index (κ3) is 18.3. The van der Waals surface area contributed by atoms with Crippen LogP contribution in [0.1, 0.15) is 41.0 Å². The molecule has 0 fully saturated rings. The lowest BCUT2D eigenvalue weighted by atomic mass is 10.0. The zero-order chi connectivity index (χ0) is 37.9. The third-order valence-electron chi connectivity index (χ3n) is 7.12. The summed E-state index contributed by atoms with van der Waals surface area (Å²) in [5, 5.41) is 28.4. The molecule has 18 heteroatoms. The van der Waals surface area contributed by atoms with E-state index in [0.29, 0.717) is 108 Å². The number of aliphatic hydroxyl groups is 1. The van der Waals surface area contributed by atoms with Crippen molar-refractivity contribution in [2.75, 3.05) is 102 Å². The molecule has 1 atom stereocenters. The third-order valence-corrected chi connectivity index (χ3v) is 7.12. The van der Waals surface area contributed by atoms with Gasteiger partial charge in [0.25, 0.3) is 11.8 Å². The van der Waals surface area contributed by atoms with Gasteiger partial charge in [-0.3, -0.25) is 9.59 Å². The Hall–Kier alpha value is -5.10. The Balaban J connectivity index is 1.43. The summed E-state index contributed by atoms with van der Waals surface area (Å²) in [6.07, 6.45) is 0.715. The number of nitrogens with zero attached hydrogens (tertiary/aromatic N) is 6. The largest absolute Gasteiger partial charge is 0.394 e. The minimum Gasteiger partial charge on any atom is -0.394 e. The van der Waals surface area contributed by atoms with Gasteiger partial charge in [-0.1, -0.05) is 37.2 Å². The maximum atomic E-state index is 12.6. The smallest absolute Gasteiger partial charge is 0.251 e. The summed E-state index contributed by atoms with van der Waals surface area (Å²) < 4.78 is 21.9. The van der Waals surface area contributed by atoms with Gasteiger partial charge in [-0.15, -0.1) is 0 Å². The standard InChI is InChI=1S/C35H51N11O7/c1-26(2)24-30(25-47)42-35-44-33(39-14-18-52-21-20-50-16-12-37-31(48)27-6-4-3-5-7-27)43-34(45-35)41-29-10-8-28(9-11-29)32(49)38-13-17-51-22-23-53-19-15-40-46-36/h3-11,26,30,47H,12-25H2,1-2H3,(H,37,48)(H,38,49)(H3,39,41,42,43,44,45)/t30-/m1/s1. The number of benzene rings is 2. The Bertz CT molecular complexity index is 1530. The van der Waals surface area contributed by atoms with Crippen molar-refractivity contribution in [3.63, 3.8) is 0 Å². The molecular formula is C35H51N11O7. The minimum absolute atomic E-state index is 0.0884. The molecule has 0 saturated carbocycles. The summed E-state index contributed by atoms with van der Waals surface area (Å²) in [6, 6.07) is 15.6. The summed E-state index contributed by atoms with van der Waals surface area (Å²) in [5.41, 5.74) is 9.96. The first-order chi connectivity index (χ1) is 25.9. The molecule has 0 spiro atoms. The average Bonchev–Trinajstić information content (AvgIpc) is 3.16. The molecular weight excluding hydrogens is 686 g/mol. The summed E-state index contributed by atoms with van der Waals surface area (Å²) >= 11 is 0. The van der Waals surface area contributed by atoms with Gasteiger partial charge in [0.05, 0.1) is 65.5 Å². The van der Waals surface area contributed by atoms with Crippen LogP contribution >= 0.6 is 0 Å². The highest BCUT2D eigenvalue weighted by Gasteiger charge is 2.14. The topological polar surface area (TPSA) is 239 Å².